The van der Waals surface area contributed by atoms with Gasteiger partial charge >= 0.3 is 12.1 Å². The molecule has 2 unspecified atom stereocenters. The van der Waals surface area contributed by atoms with Crippen molar-refractivity contribution >= 4 is 35.0 Å². The Kier molecular flexibility index (Phi) is 7.62. The van der Waals surface area contributed by atoms with Gasteiger partial charge in [-0.1, -0.05) is 32.9 Å². The minimum absolute atomic E-state index is 0.181. The molecule has 38 heavy (non-hydrogen) atoms. The largest absolute Gasteiger partial charge is 0.481 e. The highest BCUT2D eigenvalue weighted by molar-refractivity contribution is 7.15. The fourth-order valence-electron chi connectivity index (χ4n) is 4.92. The number of carboxylic acids is 1. The first-order chi connectivity index (χ1) is 17.8. The second kappa shape index (κ2) is 10.5. The van der Waals surface area contributed by atoms with Crippen LogP contribution < -0.4 is 5.32 Å². The molecule has 2 heterocycles. The van der Waals surface area contributed by atoms with Crippen LogP contribution in [0.4, 0.5) is 24.8 Å². The molecule has 1 aliphatic rings. The zero-order valence-corrected chi connectivity index (χ0v) is 22.0. The van der Waals surface area contributed by atoms with Crippen LogP contribution in [0.1, 0.15) is 62.7 Å². The van der Waals surface area contributed by atoms with E-state index in [-0.39, 0.29) is 12.4 Å². The second-order valence-electron chi connectivity index (χ2n) is 10.2. The number of alkyl halides is 3. The molecule has 0 saturated heterocycles. The molecule has 1 aliphatic carbocycles. The first-order valence-corrected chi connectivity index (χ1v) is 13.0. The lowest BCUT2D eigenvalue weighted by Gasteiger charge is -2.44. The molecular formula is C27H29F3N4O3S. The lowest BCUT2D eigenvalue weighted by atomic mass is 9.63. The second-order valence-corrected chi connectivity index (χ2v) is 11.2. The highest BCUT2D eigenvalue weighted by atomic mass is 32.1. The first kappa shape index (κ1) is 27.7. The Labute approximate surface area is 222 Å². The van der Waals surface area contributed by atoms with Gasteiger partial charge in [-0.05, 0) is 66.5 Å². The molecule has 0 radical (unpaired) electrons. The number of hydrogen-bond acceptors (Lipinski definition) is 7. The van der Waals surface area contributed by atoms with E-state index >= 15 is 0 Å². The molecule has 3 N–H and O–H groups in total. The average Bonchev–Trinajstić information content (AvgIpc) is 3.33. The maximum atomic E-state index is 13.1. The van der Waals surface area contributed by atoms with Crippen LogP contribution in [-0.2, 0) is 16.6 Å². The molecule has 1 fully saturated rings. The van der Waals surface area contributed by atoms with Crippen molar-refractivity contribution in [1.82, 2.24) is 15.0 Å². The minimum Gasteiger partial charge on any atom is -0.481 e. The Balaban J connectivity index is 1.66. The number of halogens is 3. The summed E-state index contributed by atoms with van der Waals surface area (Å²) >= 11 is 1.31. The number of aromatic nitrogens is 3. The van der Waals surface area contributed by atoms with E-state index in [4.69, 9.17) is 0 Å². The Morgan fingerprint density at radius 3 is 2.68 bits per heavy atom. The van der Waals surface area contributed by atoms with Crippen molar-refractivity contribution in [1.29, 1.82) is 0 Å². The van der Waals surface area contributed by atoms with Gasteiger partial charge in [-0.25, -0.2) is 15.0 Å². The lowest BCUT2D eigenvalue weighted by Crippen LogP contribution is -2.44. The van der Waals surface area contributed by atoms with Crippen LogP contribution in [0.5, 0.6) is 0 Å². The molecule has 1 saturated carbocycles. The highest BCUT2D eigenvalue weighted by Gasteiger charge is 2.49. The number of carbonyl (C=O) groups is 1. The monoisotopic (exact) mass is 546 g/mol. The van der Waals surface area contributed by atoms with Crippen LogP contribution in [0.2, 0.25) is 0 Å². The SMILES string of the molecule is CCC=Cc1cc(Nc2nccc(C(F)(F)F)n2)cc(-c2cnc(C3(O)CCC(C(=O)O)C(C)(C)C3)s2)c1. The van der Waals surface area contributed by atoms with E-state index in [1.165, 1.54) is 11.3 Å². The molecule has 0 bridgehead atoms. The molecule has 11 heteroatoms. The van der Waals surface area contributed by atoms with E-state index in [1.807, 2.05) is 39.0 Å². The van der Waals surface area contributed by atoms with E-state index in [2.05, 4.69) is 20.3 Å². The zero-order chi connectivity index (χ0) is 27.7. The van der Waals surface area contributed by atoms with Gasteiger partial charge in [-0.3, -0.25) is 4.79 Å². The summed E-state index contributed by atoms with van der Waals surface area (Å²) in [5.41, 5.74) is -0.838. The third-order valence-corrected chi connectivity index (χ3v) is 7.97. The van der Waals surface area contributed by atoms with Gasteiger partial charge in [0.05, 0.1) is 10.8 Å². The van der Waals surface area contributed by atoms with E-state index in [0.717, 1.165) is 34.7 Å². The maximum Gasteiger partial charge on any atom is 0.433 e. The molecule has 0 spiro atoms. The van der Waals surface area contributed by atoms with Gasteiger partial charge in [0, 0.05) is 18.1 Å². The van der Waals surface area contributed by atoms with E-state index < -0.39 is 34.8 Å². The molecule has 0 amide bonds. The zero-order valence-electron chi connectivity index (χ0n) is 21.2. The molecule has 4 rings (SSSR count). The molecule has 1 aromatic carbocycles. The van der Waals surface area contributed by atoms with Crippen LogP contribution in [0.15, 0.2) is 42.7 Å². The van der Waals surface area contributed by atoms with E-state index in [0.29, 0.717) is 23.5 Å². The van der Waals surface area contributed by atoms with Crippen LogP contribution in [0.25, 0.3) is 16.5 Å². The summed E-state index contributed by atoms with van der Waals surface area (Å²) in [5, 5.41) is 24.4. The summed E-state index contributed by atoms with van der Waals surface area (Å²) in [6, 6.07) is 6.28. The van der Waals surface area contributed by atoms with Gasteiger partial charge in [0.1, 0.15) is 16.3 Å². The Bertz CT molecular complexity index is 1360. The number of anilines is 2. The van der Waals surface area contributed by atoms with Crippen molar-refractivity contribution in [3.8, 4) is 10.4 Å². The highest BCUT2D eigenvalue weighted by Crippen LogP contribution is 2.51. The number of rotatable bonds is 7. The number of nitrogens with one attached hydrogen (secondary N) is 1. The quantitative estimate of drug-likeness (QED) is 0.296. The Morgan fingerprint density at radius 2 is 2.03 bits per heavy atom. The van der Waals surface area contributed by atoms with Crippen molar-refractivity contribution in [2.75, 3.05) is 5.32 Å². The van der Waals surface area contributed by atoms with Crippen LogP contribution in [0.3, 0.4) is 0 Å². The number of allylic oxidation sites excluding steroid dienone is 1. The fourth-order valence-corrected chi connectivity index (χ4v) is 5.94. The van der Waals surface area contributed by atoms with Gasteiger partial charge in [0.25, 0.3) is 0 Å². The van der Waals surface area contributed by atoms with Gasteiger partial charge in [0.15, 0.2) is 0 Å². The predicted molar refractivity (Wildman–Crippen MR) is 140 cm³/mol. The van der Waals surface area contributed by atoms with Crippen LogP contribution in [0, 0.1) is 11.3 Å². The van der Waals surface area contributed by atoms with Crippen molar-refractivity contribution < 1.29 is 28.2 Å². The Hall–Kier alpha value is -3.31. The van der Waals surface area contributed by atoms with Crippen molar-refractivity contribution in [2.24, 2.45) is 11.3 Å². The number of hydrogen-bond donors (Lipinski definition) is 3. The topological polar surface area (TPSA) is 108 Å². The lowest BCUT2D eigenvalue weighted by molar-refractivity contribution is -0.154. The summed E-state index contributed by atoms with van der Waals surface area (Å²) in [6.07, 6.45) is 3.69. The van der Waals surface area contributed by atoms with Gasteiger partial charge in [0.2, 0.25) is 5.95 Å². The minimum atomic E-state index is -4.59. The summed E-state index contributed by atoms with van der Waals surface area (Å²) < 4.78 is 39.3. The number of aliphatic carboxylic acids is 1. The van der Waals surface area contributed by atoms with Crippen LogP contribution in [-0.4, -0.2) is 31.1 Å². The van der Waals surface area contributed by atoms with Crippen molar-refractivity contribution in [3.63, 3.8) is 0 Å². The summed E-state index contributed by atoms with van der Waals surface area (Å²) in [6.45, 7) is 5.69. The molecular weight excluding hydrogens is 517 g/mol. The number of nitrogens with zero attached hydrogens (tertiary/aromatic N) is 3. The Morgan fingerprint density at radius 1 is 1.26 bits per heavy atom. The van der Waals surface area contributed by atoms with Crippen molar-refractivity contribution in [3.05, 3.63) is 59.0 Å². The normalized spacial score (nSPS) is 21.5. The van der Waals surface area contributed by atoms with Crippen LogP contribution >= 0.6 is 11.3 Å². The molecule has 202 valence electrons. The van der Waals surface area contributed by atoms with E-state index in [1.54, 1.807) is 18.3 Å². The third-order valence-electron chi connectivity index (χ3n) is 6.73. The van der Waals surface area contributed by atoms with Crippen molar-refractivity contribution in [2.45, 2.75) is 58.2 Å². The molecule has 0 aliphatic heterocycles. The van der Waals surface area contributed by atoms with Gasteiger partial charge < -0.3 is 15.5 Å². The fraction of sp³-hybridized carbons (Fsp3) is 0.407. The smallest absolute Gasteiger partial charge is 0.433 e. The number of aliphatic hydroxyl groups is 1. The molecule has 3 aromatic rings. The first-order valence-electron chi connectivity index (χ1n) is 12.2. The van der Waals surface area contributed by atoms with Gasteiger partial charge in [-0.2, -0.15) is 13.2 Å². The third kappa shape index (κ3) is 6.05. The summed E-state index contributed by atoms with van der Waals surface area (Å²) in [5.74, 6) is -1.59. The average molecular weight is 547 g/mol. The predicted octanol–water partition coefficient (Wildman–Crippen LogP) is 6.88. The summed E-state index contributed by atoms with van der Waals surface area (Å²) in [4.78, 5) is 24.4. The van der Waals surface area contributed by atoms with Gasteiger partial charge in [-0.15, -0.1) is 11.3 Å². The molecule has 2 atom stereocenters. The standard InChI is InChI=1S/C27H29F3N4O3S/c1-4-5-6-16-11-17(13-18(12-16)33-24-31-10-8-21(34-24)27(28,29)30)20-14-32-23(38-20)26(37)9-7-19(22(35)36)25(2,3)15-26/h5-6,8,10-14,19,37H,4,7,9,15H2,1-3H3,(H,35,36)(H,31,33,34). The maximum absolute atomic E-state index is 13.1. The number of carboxylic acid groups (broad SMARTS) is 1. The molecule has 2 aromatic heterocycles. The number of thiazole rings is 1. The number of benzene rings is 1. The summed E-state index contributed by atoms with van der Waals surface area (Å²) in [7, 11) is 0. The molecule has 7 nitrogen and oxygen atoms in total. The van der Waals surface area contributed by atoms with E-state index in [9.17, 15) is 28.2 Å².